The Morgan fingerprint density at radius 3 is 2.18 bits per heavy atom. The monoisotopic (exact) mass is 513 g/mol. The third-order valence-corrected chi connectivity index (χ3v) is 7.74. The van der Waals surface area contributed by atoms with E-state index in [1.165, 1.54) is 6.20 Å². The third kappa shape index (κ3) is 5.89. The maximum atomic E-state index is 13.9. The van der Waals surface area contributed by atoms with Crippen LogP contribution in [-0.4, -0.2) is 46.0 Å². The van der Waals surface area contributed by atoms with E-state index >= 15 is 0 Å². The summed E-state index contributed by atoms with van der Waals surface area (Å²) in [5, 5.41) is 14.8. The van der Waals surface area contributed by atoms with Crippen molar-refractivity contribution >= 4 is 29.8 Å². The van der Waals surface area contributed by atoms with Crippen LogP contribution in [0.1, 0.15) is 66.9 Å². The molecule has 1 aliphatic carbocycles. The molecule has 7 heteroatoms. The molecule has 5 rings (SSSR count). The Morgan fingerprint density at radius 1 is 0.921 bits per heavy atom. The number of carboxylic acids is 1. The Balaban J connectivity index is 1.44. The molecule has 2 aliphatic rings. The first-order valence-electron chi connectivity index (χ1n) is 13.6. The lowest BCUT2D eigenvalue weighted by Crippen LogP contribution is -2.47. The number of carboxylic acid groups (broad SMARTS) is 1. The van der Waals surface area contributed by atoms with Gasteiger partial charge in [-0.25, -0.2) is 9.48 Å². The average Bonchev–Trinajstić information content (AvgIpc) is 3.39. The molecule has 1 aromatic heterocycles. The number of benzene rings is 2. The molecule has 0 radical (unpaired) electrons. The standard InChI is InChI=1S/C31H35N3O4/c1-22-7-13-25(14-8-22)30(35)34(27-17-19-38-20-18-27)29-28(31(36)37)21-33(32-29)26-15-11-24(12-16-26)10-9-23-5-3-2-4-6-23/h2-6,9-12,15-16,21-22,25,27H,7-8,13-14,17-20H2,1H3,(H,36,37)/b10-9-/t22-,25-. The van der Waals surface area contributed by atoms with Crippen LogP contribution in [-0.2, 0) is 9.53 Å². The first-order valence-corrected chi connectivity index (χ1v) is 13.6. The number of anilines is 1. The van der Waals surface area contributed by atoms with Gasteiger partial charge in [-0.05, 0) is 67.7 Å². The number of amides is 1. The molecule has 198 valence electrons. The number of rotatable bonds is 7. The minimum absolute atomic E-state index is 0.00190. The normalized spacial score (nSPS) is 20.4. The van der Waals surface area contributed by atoms with E-state index in [2.05, 4.69) is 6.92 Å². The zero-order valence-electron chi connectivity index (χ0n) is 21.8. The van der Waals surface area contributed by atoms with E-state index < -0.39 is 5.97 Å². The summed E-state index contributed by atoms with van der Waals surface area (Å²) < 4.78 is 7.13. The van der Waals surface area contributed by atoms with Crippen LogP contribution in [0.2, 0.25) is 0 Å². The molecule has 2 aromatic carbocycles. The van der Waals surface area contributed by atoms with Crippen LogP contribution in [0.3, 0.4) is 0 Å². The van der Waals surface area contributed by atoms with E-state index in [0.717, 1.165) is 42.5 Å². The van der Waals surface area contributed by atoms with E-state index in [9.17, 15) is 14.7 Å². The second-order valence-electron chi connectivity index (χ2n) is 10.5. The Labute approximate surface area is 223 Å². The van der Waals surface area contributed by atoms with Crippen LogP contribution in [0.4, 0.5) is 5.82 Å². The van der Waals surface area contributed by atoms with Crippen LogP contribution in [0.5, 0.6) is 0 Å². The lowest BCUT2D eigenvalue weighted by molar-refractivity contribution is -0.124. The minimum atomic E-state index is -1.09. The van der Waals surface area contributed by atoms with Gasteiger partial charge in [-0.15, -0.1) is 5.10 Å². The van der Waals surface area contributed by atoms with Gasteiger partial charge in [0.05, 0.1) is 5.69 Å². The van der Waals surface area contributed by atoms with Gasteiger partial charge in [-0.3, -0.25) is 9.69 Å². The number of nitrogens with zero attached hydrogens (tertiary/aromatic N) is 3. The molecule has 0 bridgehead atoms. The van der Waals surface area contributed by atoms with E-state index in [1.54, 1.807) is 9.58 Å². The molecule has 0 atom stereocenters. The van der Waals surface area contributed by atoms with Crippen molar-refractivity contribution < 1.29 is 19.4 Å². The van der Waals surface area contributed by atoms with Crippen molar-refractivity contribution in [2.24, 2.45) is 11.8 Å². The Morgan fingerprint density at radius 2 is 1.55 bits per heavy atom. The highest BCUT2D eigenvalue weighted by Gasteiger charge is 2.37. The molecule has 7 nitrogen and oxygen atoms in total. The number of ether oxygens (including phenoxy) is 1. The fourth-order valence-corrected chi connectivity index (χ4v) is 5.42. The topological polar surface area (TPSA) is 84.7 Å². The number of hydrogen-bond acceptors (Lipinski definition) is 4. The van der Waals surface area contributed by atoms with Gasteiger partial charge in [-0.1, -0.05) is 61.5 Å². The van der Waals surface area contributed by atoms with Crippen molar-refractivity contribution in [3.63, 3.8) is 0 Å². The number of aromatic nitrogens is 2. The Hall–Kier alpha value is -3.71. The van der Waals surface area contributed by atoms with Gasteiger partial charge >= 0.3 is 5.97 Å². The number of aromatic carboxylic acids is 1. The fourth-order valence-electron chi connectivity index (χ4n) is 5.42. The maximum Gasteiger partial charge on any atom is 0.341 e. The van der Waals surface area contributed by atoms with Crippen LogP contribution in [0.15, 0.2) is 60.8 Å². The molecule has 38 heavy (non-hydrogen) atoms. The summed E-state index contributed by atoms with van der Waals surface area (Å²) in [6.45, 7) is 3.33. The zero-order chi connectivity index (χ0) is 26.5. The summed E-state index contributed by atoms with van der Waals surface area (Å²) in [6, 6.07) is 17.7. The predicted molar refractivity (Wildman–Crippen MR) is 148 cm³/mol. The van der Waals surface area contributed by atoms with Gasteiger partial charge in [-0.2, -0.15) is 0 Å². The minimum Gasteiger partial charge on any atom is -0.477 e. The van der Waals surface area contributed by atoms with Crippen molar-refractivity contribution in [1.29, 1.82) is 0 Å². The molecule has 3 aromatic rings. The van der Waals surface area contributed by atoms with Crippen molar-refractivity contribution in [3.05, 3.63) is 77.5 Å². The molecule has 1 saturated heterocycles. The van der Waals surface area contributed by atoms with Gasteiger partial charge in [0.25, 0.3) is 0 Å². The van der Waals surface area contributed by atoms with E-state index in [1.807, 2.05) is 66.7 Å². The van der Waals surface area contributed by atoms with E-state index in [4.69, 9.17) is 9.84 Å². The molecule has 1 saturated carbocycles. The van der Waals surface area contributed by atoms with Crippen molar-refractivity contribution in [2.45, 2.75) is 51.5 Å². The number of hydrogen-bond donors (Lipinski definition) is 1. The number of carbonyl (C=O) groups excluding carboxylic acids is 1. The largest absolute Gasteiger partial charge is 0.477 e. The van der Waals surface area contributed by atoms with Crippen LogP contribution in [0, 0.1) is 11.8 Å². The van der Waals surface area contributed by atoms with Gasteiger partial charge in [0.15, 0.2) is 5.82 Å². The lowest BCUT2D eigenvalue weighted by atomic mass is 9.82. The zero-order valence-corrected chi connectivity index (χ0v) is 21.8. The summed E-state index contributed by atoms with van der Waals surface area (Å²) >= 11 is 0. The van der Waals surface area contributed by atoms with Crippen LogP contribution < -0.4 is 4.90 Å². The average molecular weight is 514 g/mol. The van der Waals surface area contributed by atoms with Crippen molar-refractivity contribution in [2.75, 3.05) is 18.1 Å². The highest BCUT2D eigenvalue weighted by atomic mass is 16.5. The SMILES string of the molecule is C[C@H]1CC[C@H](C(=O)N(c2nn(-c3ccc(/C=C\c4ccccc4)cc3)cc2C(=O)O)C2CCOCC2)CC1. The second-order valence-corrected chi connectivity index (χ2v) is 10.5. The number of carbonyl (C=O) groups is 2. The highest BCUT2D eigenvalue weighted by Crippen LogP contribution is 2.34. The summed E-state index contributed by atoms with van der Waals surface area (Å²) in [5.74, 6) is -0.332. The second kappa shape index (κ2) is 11.8. The predicted octanol–water partition coefficient (Wildman–Crippen LogP) is 6.08. The van der Waals surface area contributed by atoms with E-state index in [0.29, 0.717) is 32.0 Å². The highest BCUT2D eigenvalue weighted by molar-refractivity contribution is 6.02. The fraction of sp³-hybridized carbons (Fsp3) is 0.387. The quantitative estimate of drug-likeness (QED) is 0.387. The summed E-state index contributed by atoms with van der Waals surface area (Å²) in [4.78, 5) is 27.9. The first-order chi connectivity index (χ1) is 18.5. The summed E-state index contributed by atoms with van der Waals surface area (Å²) in [7, 11) is 0. The van der Waals surface area contributed by atoms with E-state index in [-0.39, 0.29) is 29.2 Å². The van der Waals surface area contributed by atoms with Gasteiger partial charge in [0.1, 0.15) is 5.56 Å². The molecular weight excluding hydrogens is 478 g/mol. The third-order valence-electron chi connectivity index (χ3n) is 7.74. The lowest BCUT2D eigenvalue weighted by Gasteiger charge is -2.37. The molecule has 1 amide bonds. The maximum absolute atomic E-state index is 13.9. The molecule has 0 spiro atoms. The smallest absolute Gasteiger partial charge is 0.341 e. The molecule has 2 fully saturated rings. The molecular formula is C31H35N3O4. The summed E-state index contributed by atoms with van der Waals surface area (Å²) in [5.41, 5.74) is 2.92. The van der Waals surface area contributed by atoms with Gasteiger partial charge < -0.3 is 9.84 Å². The molecule has 1 N–H and O–H groups in total. The van der Waals surface area contributed by atoms with Crippen molar-refractivity contribution in [3.8, 4) is 5.69 Å². The van der Waals surface area contributed by atoms with Crippen LogP contribution >= 0.6 is 0 Å². The Kier molecular flexibility index (Phi) is 8.03. The van der Waals surface area contributed by atoms with Gasteiger partial charge in [0.2, 0.25) is 5.91 Å². The summed E-state index contributed by atoms with van der Waals surface area (Å²) in [6.07, 6.45) is 10.6. The first kappa shape index (κ1) is 25.9. The molecule has 0 unspecified atom stereocenters. The van der Waals surface area contributed by atoms with Gasteiger partial charge in [0, 0.05) is 31.4 Å². The molecule has 1 aliphatic heterocycles. The Bertz CT molecular complexity index is 1270. The molecule has 2 heterocycles. The van der Waals surface area contributed by atoms with Crippen LogP contribution in [0.25, 0.3) is 17.8 Å². The van der Waals surface area contributed by atoms with Crippen molar-refractivity contribution in [1.82, 2.24) is 9.78 Å².